The molecule has 2 aromatic carbocycles. The number of sulfonamides is 1. The molecule has 1 aliphatic rings. The van der Waals surface area contributed by atoms with Crippen LogP contribution < -0.4 is 0 Å². The van der Waals surface area contributed by atoms with Gasteiger partial charge in [0.05, 0.1) is 4.90 Å². The fourth-order valence-corrected chi connectivity index (χ4v) is 4.98. The first-order valence-corrected chi connectivity index (χ1v) is 9.89. The summed E-state index contributed by atoms with van der Waals surface area (Å²) in [5.41, 5.74) is 2.82. The Balaban J connectivity index is 1.92. The minimum absolute atomic E-state index is 0.105. The van der Waals surface area contributed by atoms with Crippen LogP contribution >= 0.6 is 0 Å². The van der Waals surface area contributed by atoms with E-state index in [1.54, 1.807) is 12.1 Å². The third-order valence-electron chi connectivity index (χ3n) is 4.64. The van der Waals surface area contributed by atoms with Crippen molar-refractivity contribution < 1.29 is 21.6 Å². The second-order valence-electron chi connectivity index (χ2n) is 6.56. The van der Waals surface area contributed by atoms with Crippen LogP contribution in [0.2, 0.25) is 0 Å². The molecule has 1 unspecified atom stereocenters. The van der Waals surface area contributed by atoms with Gasteiger partial charge in [-0.2, -0.15) is 17.5 Å². The van der Waals surface area contributed by atoms with Crippen LogP contribution in [0.5, 0.6) is 0 Å². The first-order chi connectivity index (χ1) is 12.2. The van der Waals surface area contributed by atoms with Crippen LogP contribution in [0.1, 0.15) is 24.8 Å². The molecule has 140 valence electrons. The Bertz CT molecular complexity index is 876. The topological polar surface area (TPSA) is 37.4 Å². The Morgan fingerprint density at radius 1 is 1.00 bits per heavy atom. The van der Waals surface area contributed by atoms with Crippen LogP contribution in [-0.4, -0.2) is 31.5 Å². The Morgan fingerprint density at radius 3 is 2.31 bits per heavy atom. The second-order valence-corrected chi connectivity index (χ2v) is 8.45. The summed E-state index contributed by atoms with van der Waals surface area (Å²) >= 11 is 0. The van der Waals surface area contributed by atoms with Crippen LogP contribution in [-0.2, 0) is 10.0 Å². The van der Waals surface area contributed by atoms with Gasteiger partial charge in [-0.15, -0.1) is 0 Å². The quantitative estimate of drug-likeness (QED) is 0.766. The smallest absolute Gasteiger partial charge is 0.207 e. The summed E-state index contributed by atoms with van der Waals surface area (Å²) in [6, 6.07) is 11.8. The van der Waals surface area contributed by atoms with Gasteiger partial charge in [0.25, 0.3) is 0 Å². The normalized spacial score (nSPS) is 19.5. The summed E-state index contributed by atoms with van der Waals surface area (Å²) < 4.78 is 65.9. The maximum absolute atomic E-state index is 13.3. The molecule has 0 spiro atoms. The monoisotopic (exact) mass is 383 g/mol. The summed E-state index contributed by atoms with van der Waals surface area (Å²) in [5.74, 6) is 0. The van der Waals surface area contributed by atoms with E-state index in [1.807, 2.05) is 31.2 Å². The molecule has 0 aliphatic carbocycles. The van der Waals surface area contributed by atoms with E-state index in [2.05, 4.69) is 0 Å². The number of rotatable bonds is 3. The molecule has 0 saturated carbocycles. The predicted octanol–water partition coefficient (Wildman–Crippen LogP) is 4.77. The zero-order chi connectivity index (χ0) is 18.9. The lowest BCUT2D eigenvalue weighted by Gasteiger charge is -2.35. The van der Waals surface area contributed by atoms with Crippen molar-refractivity contribution in [3.63, 3.8) is 0 Å². The van der Waals surface area contributed by atoms with Gasteiger partial charge in [-0.3, -0.25) is 0 Å². The number of halogens is 3. The molecule has 0 bridgehead atoms. The Hall–Kier alpha value is -1.86. The van der Waals surface area contributed by atoms with E-state index in [0.717, 1.165) is 16.7 Å². The molecule has 1 atom stereocenters. The van der Waals surface area contributed by atoms with Crippen molar-refractivity contribution in [1.82, 2.24) is 4.31 Å². The van der Waals surface area contributed by atoms with Crippen LogP contribution in [0, 0.1) is 6.92 Å². The molecule has 0 aromatic heterocycles. The Morgan fingerprint density at radius 2 is 1.69 bits per heavy atom. The number of aryl methyl sites for hydroxylation is 1. The molecule has 3 rings (SSSR count). The van der Waals surface area contributed by atoms with E-state index in [1.165, 1.54) is 12.1 Å². The van der Waals surface area contributed by atoms with Crippen molar-refractivity contribution >= 4 is 10.0 Å². The van der Waals surface area contributed by atoms with Crippen molar-refractivity contribution in [2.75, 3.05) is 6.54 Å². The van der Waals surface area contributed by atoms with Crippen LogP contribution in [0.3, 0.4) is 0 Å². The van der Waals surface area contributed by atoms with Crippen molar-refractivity contribution in [2.24, 2.45) is 0 Å². The molecule has 1 fully saturated rings. The van der Waals surface area contributed by atoms with Crippen molar-refractivity contribution in [2.45, 2.75) is 43.3 Å². The molecular weight excluding hydrogens is 363 g/mol. The lowest BCUT2D eigenvalue weighted by atomic mass is 10.0. The van der Waals surface area contributed by atoms with E-state index in [4.69, 9.17) is 0 Å². The first kappa shape index (κ1) is 18.9. The number of benzene rings is 2. The zero-order valence-electron chi connectivity index (χ0n) is 14.3. The number of piperidine rings is 1. The molecule has 0 radical (unpaired) electrons. The van der Waals surface area contributed by atoms with Gasteiger partial charge in [0, 0.05) is 6.54 Å². The summed E-state index contributed by atoms with van der Waals surface area (Å²) in [5, 5.41) is 0. The van der Waals surface area contributed by atoms with Crippen molar-refractivity contribution in [3.8, 4) is 11.1 Å². The van der Waals surface area contributed by atoms with Gasteiger partial charge in [0.2, 0.25) is 10.0 Å². The molecule has 0 N–H and O–H groups in total. The molecule has 3 nitrogen and oxygen atoms in total. The number of hydrogen-bond donors (Lipinski definition) is 0. The van der Waals surface area contributed by atoms with E-state index in [9.17, 15) is 21.6 Å². The lowest BCUT2D eigenvalue weighted by molar-refractivity contribution is -0.177. The standard InChI is InChI=1S/C19H20F3NO2S/c1-14-5-4-6-16(13-14)15-8-10-17(11-9-15)26(24,25)23-12-3-2-7-18(23)19(20,21)22/h4-6,8-11,13,18H,2-3,7,12H2,1H3. The number of nitrogens with zero attached hydrogens (tertiary/aromatic N) is 1. The van der Waals surface area contributed by atoms with Gasteiger partial charge in [0.15, 0.2) is 0 Å². The number of hydrogen-bond acceptors (Lipinski definition) is 2. The summed E-state index contributed by atoms with van der Waals surface area (Å²) in [6.45, 7) is 1.85. The molecular formula is C19H20F3NO2S. The third kappa shape index (κ3) is 3.78. The Kier molecular flexibility index (Phi) is 5.12. The molecule has 0 amide bonds. The van der Waals surface area contributed by atoms with Crippen molar-refractivity contribution in [1.29, 1.82) is 0 Å². The Labute approximate surface area is 151 Å². The maximum Gasteiger partial charge on any atom is 0.405 e. The van der Waals surface area contributed by atoms with E-state index >= 15 is 0 Å². The highest BCUT2D eigenvalue weighted by atomic mass is 32.2. The van der Waals surface area contributed by atoms with Crippen LogP contribution in [0.15, 0.2) is 53.4 Å². The summed E-state index contributed by atoms with van der Waals surface area (Å²) in [6.07, 6.45) is -3.94. The predicted molar refractivity (Wildman–Crippen MR) is 94.2 cm³/mol. The molecule has 1 saturated heterocycles. The van der Waals surface area contributed by atoms with Gasteiger partial charge in [-0.25, -0.2) is 8.42 Å². The highest BCUT2D eigenvalue weighted by molar-refractivity contribution is 7.89. The molecule has 1 heterocycles. The van der Waals surface area contributed by atoms with E-state index in [-0.39, 0.29) is 17.9 Å². The highest BCUT2D eigenvalue weighted by Crippen LogP contribution is 2.35. The minimum atomic E-state index is -4.56. The highest BCUT2D eigenvalue weighted by Gasteiger charge is 2.48. The van der Waals surface area contributed by atoms with Gasteiger partial charge in [0.1, 0.15) is 6.04 Å². The summed E-state index contributed by atoms with van der Waals surface area (Å²) in [4.78, 5) is -0.106. The average molecular weight is 383 g/mol. The lowest BCUT2D eigenvalue weighted by Crippen LogP contribution is -2.51. The van der Waals surface area contributed by atoms with Gasteiger partial charge < -0.3 is 0 Å². The van der Waals surface area contributed by atoms with E-state index in [0.29, 0.717) is 17.1 Å². The largest absolute Gasteiger partial charge is 0.405 e. The first-order valence-electron chi connectivity index (χ1n) is 8.45. The SMILES string of the molecule is Cc1cccc(-c2ccc(S(=O)(=O)N3CCCCC3C(F)(F)F)cc2)c1. The van der Waals surface area contributed by atoms with Crippen molar-refractivity contribution in [3.05, 3.63) is 54.1 Å². The molecule has 1 aliphatic heterocycles. The van der Waals surface area contributed by atoms with E-state index < -0.39 is 22.2 Å². The zero-order valence-corrected chi connectivity index (χ0v) is 15.1. The summed E-state index contributed by atoms with van der Waals surface area (Å²) in [7, 11) is -4.19. The second kappa shape index (κ2) is 7.04. The fraction of sp³-hybridized carbons (Fsp3) is 0.368. The maximum atomic E-state index is 13.3. The number of alkyl halides is 3. The fourth-order valence-electron chi connectivity index (χ4n) is 3.30. The third-order valence-corrected chi connectivity index (χ3v) is 6.57. The molecule has 2 aromatic rings. The van der Waals surface area contributed by atoms with Crippen LogP contribution in [0.4, 0.5) is 13.2 Å². The molecule has 26 heavy (non-hydrogen) atoms. The van der Waals surface area contributed by atoms with Gasteiger partial charge in [-0.1, -0.05) is 48.4 Å². The van der Waals surface area contributed by atoms with Gasteiger partial charge >= 0.3 is 6.18 Å². The molecule has 7 heteroatoms. The van der Waals surface area contributed by atoms with Crippen LogP contribution in [0.25, 0.3) is 11.1 Å². The van der Waals surface area contributed by atoms with Gasteiger partial charge in [-0.05, 0) is 43.0 Å². The average Bonchev–Trinajstić information content (AvgIpc) is 2.61. The minimum Gasteiger partial charge on any atom is -0.207 e.